The molecule has 244 valence electrons. The Morgan fingerprint density at radius 3 is 1.68 bits per heavy atom. The van der Waals surface area contributed by atoms with Crippen LogP contribution in [0.1, 0.15) is 135 Å². The van der Waals surface area contributed by atoms with E-state index in [-0.39, 0.29) is 16.9 Å². The molecule has 1 aliphatic rings. The Kier molecular flexibility index (Phi) is 15.2. The van der Waals surface area contributed by atoms with E-state index in [1.54, 1.807) is 6.07 Å². The van der Waals surface area contributed by atoms with Gasteiger partial charge in [0.05, 0.1) is 0 Å². The van der Waals surface area contributed by atoms with E-state index in [0.29, 0.717) is 12.2 Å². The molecule has 0 unspecified atom stereocenters. The van der Waals surface area contributed by atoms with Gasteiger partial charge in [-0.15, -0.1) is 0 Å². The molecule has 7 heteroatoms. The first-order valence-corrected chi connectivity index (χ1v) is 17.2. The number of unbranched alkanes of at least 4 members (excludes halogenated alkanes) is 4. The number of fused-ring (bicyclic) bond motifs is 2. The third-order valence-corrected chi connectivity index (χ3v) is 8.85. The highest BCUT2D eigenvalue weighted by Gasteiger charge is 2.30. The van der Waals surface area contributed by atoms with Crippen molar-refractivity contribution in [2.45, 2.75) is 111 Å². The molecule has 1 heterocycles. The molecule has 0 bridgehead atoms. The van der Waals surface area contributed by atoms with Crippen LogP contribution in [0.3, 0.4) is 0 Å². The lowest BCUT2D eigenvalue weighted by molar-refractivity contribution is 0.0687. The maximum absolute atomic E-state index is 12.6. The first-order valence-electron chi connectivity index (χ1n) is 17.2. The molecule has 2 aromatic carbocycles. The summed E-state index contributed by atoms with van der Waals surface area (Å²) in [7, 11) is 0. The zero-order valence-electron chi connectivity index (χ0n) is 27.8. The number of carboxylic acids is 2. The van der Waals surface area contributed by atoms with Crippen molar-refractivity contribution in [3.63, 3.8) is 0 Å². The molecule has 0 fully saturated rings. The number of hydrogen-bond donors (Lipinski definition) is 2. The van der Waals surface area contributed by atoms with Crippen LogP contribution in [0.5, 0.6) is 11.5 Å². The van der Waals surface area contributed by atoms with Gasteiger partial charge in [-0.3, -0.25) is 0 Å². The molecule has 0 saturated heterocycles. The fraction of sp³-hybridized carbons (Fsp3) is 0.622. The summed E-state index contributed by atoms with van der Waals surface area (Å²) in [4.78, 5) is 29.7. The Bertz CT molecular complexity index is 1190. The van der Waals surface area contributed by atoms with Gasteiger partial charge in [-0.1, -0.05) is 65.5 Å². The van der Waals surface area contributed by atoms with Gasteiger partial charge in [-0.25, -0.2) is 9.59 Å². The molecule has 44 heavy (non-hydrogen) atoms. The zero-order valence-corrected chi connectivity index (χ0v) is 27.8. The summed E-state index contributed by atoms with van der Waals surface area (Å²) in [5.74, 6) is -1.53. The number of nitrogens with zero attached hydrogens (tertiary/aromatic N) is 2. The van der Waals surface area contributed by atoms with Gasteiger partial charge < -0.3 is 24.7 Å². The summed E-state index contributed by atoms with van der Waals surface area (Å²) in [6.45, 7) is 15.4. The fourth-order valence-corrected chi connectivity index (χ4v) is 6.29. The van der Waals surface area contributed by atoms with Gasteiger partial charge in [0.25, 0.3) is 0 Å². The highest BCUT2D eigenvalue weighted by atomic mass is 16.5. The van der Waals surface area contributed by atoms with Crippen molar-refractivity contribution in [1.29, 1.82) is 0 Å². The van der Waals surface area contributed by atoms with E-state index >= 15 is 0 Å². The van der Waals surface area contributed by atoms with Crippen LogP contribution < -0.4 is 4.74 Å². The normalized spacial score (nSPS) is 12.3. The first kappa shape index (κ1) is 35.6. The van der Waals surface area contributed by atoms with Crippen molar-refractivity contribution in [1.82, 2.24) is 9.80 Å². The SMILES string of the molecule is CCCCN(CCCC)CCCc1cc(C(=O)O)c2c(c1CCCN(CCCC)CCCC)Cc1cccc(C(=O)O)c1O2. The monoisotopic (exact) mass is 608 g/mol. The third kappa shape index (κ3) is 10.1. The van der Waals surface area contributed by atoms with Gasteiger partial charge in [-0.2, -0.15) is 0 Å². The summed E-state index contributed by atoms with van der Waals surface area (Å²) >= 11 is 0. The van der Waals surface area contributed by atoms with E-state index in [0.717, 1.165) is 81.6 Å². The van der Waals surface area contributed by atoms with E-state index in [1.807, 2.05) is 12.1 Å². The molecular formula is C37H56N2O5. The van der Waals surface area contributed by atoms with Crippen molar-refractivity contribution in [2.75, 3.05) is 39.3 Å². The molecule has 0 aliphatic carbocycles. The van der Waals surface area contributed by atoms with E-state index in [4.69, 9.17) is 4.74 Å². The Morgan fingerprint density at radius 1 is 0.682 bits per heavy atom. The van der Waals surface area contributed by atoms with Crippen LogP contribution >= 0.6 is 0 Å². The third-order valence-electron chi connectivity index (χ3n) is 8.85. The minimum atomic E-state index is -1.08. The van der Waals surface area contributed by atoms with E-state index in [9.17, 15) is 19.8 Å². The summed E-state index contributed by atoms with van der Waals surface area (Å²) in [5.41, 5.74) is 4.20. The van der Waals surface area contributed by atoms with Gasteiger partial charge in [0.2, 0.25) is 0 Å². The van der Waals surface area contributed by atoms with Crippen LogP contribution in [0.4, 0.5) is 0 Å². The van der Waals surface area contributed by atoms with E-state index < -0.39 is 11.9 Å². The molecule has 0 aromatic heterocycles. The van der Waals surface area contributed by atoms with Crippen LogP contribution in [-0.2, 0) is 19.3 Å². The number of carbonyl (C=O) groups is 2. The van der Waals surface area contributed by atoms with Crippen LogP contribution in [-0.4, -0.2) is 71.2 Å². The molecule has 1 aliphatic heterocycles. The molecule has 2 aromatic rings. The van der Waals surface area contributed by atoms with Crippen molar-refractivity contribution in [3.05, 3.63) is 57.6 Å². The maximum Gasteiger partial charge on any atom is 0.339 e. The van der Waals surface area contributed by atoms with Gasteiger partial charge in [0, 0.05) is 17.5 Å². The summed E-state index contributed by atoms with van der Waals surface area (Å²) in [6, 6.07) is 6.99. The smallest absolute Gasteiger partial charge is 0.339 e. The molecular weight excluding hydrogens is 552 g/mol. The van der Waals surface area contributed by atoms with Gasteiger partial charge in [0.15, 0.2) is 0 Å². The standard InChI is InChI=1S/C37H56N2O5/c1-5-9-20-38(21-10-6-2)24-14-17-28-26-33(37(42)43)35-32(27-29-16-13-18-31(36(40)41)34(29)44-35)30(28)19-15-25-39(22-11-7-3)23-12-8-4/h13,16,18,26H,5-12,14-15,17,19-25,27H2,1-4H3,(H,40,41)(H,42,43). The quantitative estimate of drug-likeness (QED) is 0.118. The van der Waals surface area contributed by atoms with Crippen molar-refractivity contribution >= 4 is 11.9 Å². The van der Waals surface area contributed by atoms with E-state index in [1.165, 1.54) is 63.0 Å². The predicted octanol–water partition coefficient (Wildman–Crippen LogP) is 8.45. The molecule has 2 N–H and O–H groups in total. The molecule has 0 amide bonds. The Labute approximate surface area is 265 Å². The Morgan fingerprint density at radius 2 is 1.18 bits per heavy atom. The summed E-state index contributed by atoms with van der Waals surface area (Å²) in [5, 5.41) is 20.1. The van der Waals surface area contributed by atoms with Gasteiger partial charge >= 0.3 is 11.9 Å². The molecule has 0 radical (unpaired) electrons. The number of hydrogen-bond acceptors (Lipinski definition) is 5. The minimum absolute atomic E-state index is 0.0665. The van der Waals surface area contributed by atoms with Crippen LogP contribution in [0, 0.1) is 0 Å². The zero-order chi connectivity index (χ0) is 31.9. The average Bonchev–Trinajstić information content (AvgIpc) is 3.01. The fourth-order valence-electron chi connectivity index (χ4n) is 6.29. The summed E-state index contributed by atoms with van der Waals surface area (Å²) in [6.07, 6.45) is 13.6. The van der Waals surface area contributed by atoms with Crippen LogP contribution in [0.2, 0.25) is 0 Å². The molecule has 0 saturated carbocycles. The van der Waals surface area contributed by atoms with Crippen molar-refractivity contribution < 1.29 is 24.5 Å². The first-order chi connectivity index (χ1) is 21.3. The highest BCUT2D eigenvalue weighted by Crippen LogP contribution is 2.44. The Balaban J connectivity index is 1.95. The topological polar surface area (TPSA) is 90.3 Å². The lowest BCUT2D eigenvalue weighted by atomic mass is 9.86. The number of rotatable bonds is 22. The molecule has 3 rings (SSSR count). The van der Waals surface area contributed by atoms with Crippen molar-refractivity contribution in [3.8, 4) is 11.5 Å². The lowest BCUT2D eigenvalue weighted by Crippen LogP contribution is -2.28. The number of para-hydroxylation sites is 1. The average molecular weight is 609 g/mol. The molecule has 0 spiro atoms. The van der Waals surface area contributed by atoms with Gasteiger partial charge in [0.1, 0.15) is 22.6 Å². The second kappa shape index (κ2) is 18.8. The number of aryl methyl sites for hydroxylation is 1. The van der Waals surface area contributed by atoms with E-state index in [2.05, 4.69) is 37.5 Å². The lowest BCUT2D eigenvalue weighted by Gasteiger charge is -2.28. The van der Waals surface area contributed by atoms with Crippen LogP contribution in [0.15, 0.2) is 24.3 Å². The second-order valence-electron chi connectivity index (χ2n) is 12.4. The molecule has 0 atom stereocenters. The predicted molar refractivity (Wildman–Crippen MR) is 179 cm³/mol. The number of ether oxygens (including phenoxy) is 1. The van der Waals surface area contributed by atoms with Crippen LogP contribution in [0.25, 0.3) is 0 Å². The number of benzene rings is 2. The highest BCUT2D eigenvalue weighted by molar-refractivity contribution is 5.95. The minimum Gasteiger partial charge on any atom is -0.478 e. The summed E-state index contributed by atoms with van der Waals surface area (Å²) < 4.78 is 6.24. The Hall–Kier alpha value is -2.90. The largest absolute Gasteiger partial charge is 0.478 e. The number of aromatic carboxylic acids is 2. The van der Waals surface area contributed by atoms with Crippen molar-refractivity contribution in [2.24, 2.45) is 0 Å². The maximum atomic E-state index is 12.6. The van der Waals surface area contributed by atoms with Gasteiger partial charge in [-0.05, 0) is 114 Å². The second-order valence-corrected chi connectivity index (χ2v) is 12.4. The molecule has 7 nitrogen and oxygen atoms in total. The number of carboxylic acid groups (broad SMARTS) is 2.